The largest absolute Gasteiger partial charge is 1.00 e. The van der Waals surface area contributed by atoms with Gasteiger partial charge >= 0.3 is 1.43 Å². The fourth-order valence-electron chi connectivity index (χ4n) is 0.0833. The molecule has 2 heteroatoms. The van der Waals surface area contributed by atoms with E-state index < -0.39 is 0 Å². The van der Waals surface area contributed by atoms with E-state index in [2.05, 4.69) is 0 Å². The summed E-state index contributed by atoms with van der Waals surface area (Å²) in [6.07, 6.45) is 0.611. The zero-order chi connectivity index (χ0) is 4.12. The molecule has 2 nitrogen and oxygen atoms in total. The summed E-state index contributed by atoms with van der Waals surface area (Å²) in [4.78, 5) is 0. The molecule has 0 fully saturated rings. The summed E-state index contributed by atoms with van der Waals surface area (Å²) in [5.41, 5.74) is 4.94. The maximum Gasteiger partial charge on any atom is 1.00 e. The lowest BCUT2D eigenvalue weighted by molar-refractivity contribution is 0.191. The molecule has 0 aliphatic heterocycles. The van der Waals surface area contributed by atoms with Crippen molar-refractivity contribution in [3.05, 3.63) is 0 Å². The van der Waals surface area contributed by atoms with Gasteiger partial charge in [0.25, 0.3) is 0 Å². The van der Waals surface area contributed by atoms with Crippen LogP contribution in [0.15, 0.2) is 0 Å². The van der Waals surface area contributed by atoms with Crippen LogP contribution in [0.1, 0.15) is 7.85 Å². The van der Waals surface area contributed by atoms with Crippen LogP contribution in [-0.4, -0.2) is 13.2 Å². The molecule has 0 heterocycles. The average molecular weight is 75.1 g/mol. The highest BCUT2D eigenvalue weighted by atomic mass is 16.2. The molecule has 0 bridgehead atoms. The fraction of sp³-hybridized carbons (Fsp3) is 1.00. The molecule has 0 saturated carbocycles. The summed E-state index contributed by atoms with van der Waals surface area (Å²) in [7, 11) is 0. The number of rotatable bonds is 2. The van der Waals surface area contributed by atoms with Gasteiger partial charge in [0.15, 0.2) is 0 Å². The normalized spacial score (nSPS) is 8.40. The SMILES string of the molecule is NCCC[O].[H+]. The van der Waals surface area contributed by atoms with E-state index in [0.29, 0.717) is 13.0 Å². The maximum absolute atomic E-state index is 9.45. The van der Waals surface area contributed by atoms with E-state index in [0.717, 1.165) is 0 Å². The summed E-state index contributed by atoms with van der Waals surface area (Å²) >= 11 is 0. The van der Waals surface area contributed by atoms with Crippen molar-refractivity contribution in [2.24, 2.45) is 5.73 Å². The van der Waals surface area contributed by atoms with Crippen molar-refractivity contribution < 1.29 is 6.53 Å². The van der Waals surface area contributed by atoms with Crippen molar-refractivity contribution in [2.75, 3.05) is 13.2 Å². The smallest absolute Gasteiger partial charge is 0.330 e. The highest BCUT2D eigenvalue weighted by Gasteiger charge is 1.71. The Hall–Kier alpha value is -0.0800. The van der Waals surface area contributed by atoms with Crippen molar-refractivity contribution in [1.82, 2.24) is 0 Å². The first kappa shape index (κ1) is 4.92. The van der Waals surface area contributed by atoms with E-state index in [-0.39, 0.29) is 8.03 Å². The van der Waals surface area contributed by atoms with Gasteiger partial charge in [-0.25, -0.2) is 5.11 Å². The van der Waals surface area contributed by atoms with E-state index in [4.69, 9.17) is 5.73 Å². The van der Waals surface area contributed by atoms with Crippen molar-refractivity contribution in [2.45, 2.75) is 6.42 Å². The van der Waals surface area contributed by atoms with Gasteiger partial charge in [-0.2, -0.15) is 0 Å². The van der Waals surface area contributed by atoms with Crippen molar-refractivity contribution >= 4 is 0 Å². The van der Waals surface area contributed by atoms with Gasteiger partial charge in [0.05, 0.1) is 6.61 Å². The van der Waals surface area contributed by atoms with Crippen molar-refractivity contribution in [3.8, 4) is 0 Å². The van der Waals surface area contributed by atoms with Crippen LogP contribution in [0.4, 0.5) is 0 Å². The lowest BCUT2D eigenvalue weighted by atomic mass is 10.5. The quantitative estimate of drug-likeness (QED) is 0.488. The fourth-order valence-corrected chi connectivity index (χ4v) is 0.0833. The Bertz CT molecular complexity index is 18.3. The molecule has 5 heavy (non-hydrogen) atoms. The molecular weight excluding hydrogens is 66.0 g/mol. The van der Waals surface area contributed by atoms with Gasteiger partial charge < -0.3 is 5.73 Å². The molecule has 2 N–H and O–H groups in total. The summed E-state index contributed by atoms with van der Waals surface area (Å²) in [6.45, 7) is 0.500. The predicted molar refractivity (Wildman–Crippen MR) is 20.3 cm³/mol. The highest BCUT2D eigenvalue weighted by Crippen LogP contribution is 1.63. The molecule has 0 rings (SSSR count). The van der Waals surface area contributed by atoms with Gasteiger partial charge in [0.1, 0.15) is 0 Å². The summed E-state index contributed by atoms with van der Waals surface area (Å²) in [5, 5.41) is 9.45. The molecular formula is C3H9NO+. The van der Waals surface area contributed by atoms with Crippen molar-refractivity contribution in [3.63, 3.8) is 0 Å². The van der Waals surface area contributed by atoms with Crippen LogP contribution in [0, 0.1) is 0 Å². The summed E-state index contributed by atoms with van der Waals surface area (Å²) in [6, 6.07) is 0. The van der Waals surface area contributed by atoms with Gasteiger partial charge in [-0.1, -0.05) is 0 Å². The third-order valence-corrected chi connectivity index (χ3v) is 0.348. The number of hydrogen-bond acceptors (Lipinski definition) is 1. The Labute approximate surface area is 33.1 Å². The monoisotopic (exact) mass is 75.1 g/mol. The minimum Gasteiger partial charge on any atom is -0.330 e. The van der Waals surface area contributed by atoms with Gasteiger partial charge in [-0.15, -0.1) is 0 Å². The molecule has 0 aromatic carbocycles. The molecule has 0 spiro atoms. The molecule has 1 radical (unpaired) electrons. The first-order valence-corrected chi connectivity index (χ1v) is 1.70. The summed E-state index contributed by atoms with van der Waals surface area (Å²) in [5.74, 6) is 0. The van der Waals surface area contributed by atoms with E-state index in [1.54, 1.807) is 0 Å². The minimum absolute atomic E-state index is 0. The van der Waals surface area contributed by atoms with Crippen LogP contribution in [0.5, 0.6) is 0 Å². The van der Waals surface area contributed by atoms with Crippen LogP contribution >= 0.6 is 0 Å². The molecule has 0 aliphatic carbocycles. The first-order valence-electron chi connectivity index (χ1n) is 1.70. The van der Waals surface area contributed by atoms with Crippen LogP contribution in [0.25, 0.3) is 0 Å². The molecule has 0 saturated heterocycles. The highest BCUT2D eigenvalue weighted by molar-refractivity contribution is 4.28. The van der Waals surface area contributed by atoms with Gasteiger partial charge in [0.2, 0.25) is 0 Å². The molecule has 0 aliphatic rings. The van der Waals surface area contributed by atoms with E-state index in [9.17, 15) is 5.11 Å². The van der Waals surface area contributed by atoms with E-state index >= 15 is 0 Å². The van der Waals surface area contributed by atoms with E-state index in [1.807, 2.05) is 0 Å². The molecule has 0 aromatic heterocycles. The van der Waals surface area contributed by atoms with Crippen LogP contribution in [-0.2, 0) is 5.11 Å². The number of hydrogen-bond donors (Lipinski definition) is 1. The first-order chi connectivity index (χ1) is 2.41. The number of nitrogens with two attached hydrogens (primary N) is 1. The average Bonchev–Trinajstić information content (AvgIpc) is 1.41. The Morgan fingerprint density at radius 2 is 2.40 bits per heavy atom. The second kappa shape index (κ2) is 3.92. The van der Waals surface area contributed by atoms with Gasteiger partial charge in [-0.3, -0.25) is 0 Å². The zero-order valence-corrected chi connectivity index (χ0v) is 3.11. The molecule has 0 unspecified atom stereocenters. The Balaban J connectivity index is 0. The molecule has 0 amide bonds. The van der Waals surface area contributed by atoms with Crippen LogP contribution in [0.3, 0.4) is 0 Å². The second-order valence-corrected chi connectivity index (χ2v) is 0.846. The third kappa shape index (κ3) is 3.92. The molecule has 31 valence electrons. The predicted octanol–water partition coefficient (Wildman–Crippen LogP) is -0.122. The van der Waals surface area contributed by atoms with Gasteiger partial charge in [0, 0.05) is 0 Å². The topological polar surface area (TPSA) is 45.9 Å². The van der Waals surface area contributed by atoms with Crippen LogP contribution < -0.4 is 5.73 Å². The second-order valence-electron chi connectivity index (χ2n) is 0.846. The lowest BCUT2D eigenvalue weighted by Gasteiger charge is -1.77. The lowest BCUT2D eigenvalue weighted by Crippen LogP contribution is -1.99. The Morgan fingerprint density at radius 1 is 1.80 bits per heavy atom. The molecule has 0 aromatic rings. The van der Waals surface area contributed by atoms with Crippen LogP contribution in [0.2, 0.25) is 0 Å². The Kier molecular flexibility index (Phi) is 3.86. The zero-order valence-electron chi connectivity index (χ0n) is 4.11. The van der Waals surface area contributed by atoms with E-state index in [1.165, 1.54) is 0 Å². The standard InChI is InChI=1S/C3H8NO/c4-2-1-3-5/h1-4H2/p+1. The summed E-state index contributed by atoms with van der Waals surface area (Å²) < 4.78 is 0. The molecule has 0 atom stereocenters. The van der Waals surface area contributed by atoms with Gasteiger partial charge in [-0.05, 0) is 13.0 Å². The third-order valence-electron chi connectivity index (χ3n) is 0.348. The van der Waals surface area contributed by atoms with Crippen molar-refractivity contribution in [1.29, 1.82) is 0 Å². The minimum atomic E-state index is -0.0312. The maximum atomic E-state index is 9.45. The Morgan fingerprint density at radius 3 is 2.40 bits per heavy atom.